The van der Waals surface area contributed by atoms with Crippen molar-refractivity contribution < 1.29 is 4.74 Å². The molecular formula is C21H28N2O2. The molecular weight excluding hydrogens is 312 g/mol. The van der Waals surface area contributed by atoms with Crippen LogP contribution in [-0.2, 0) is 11.8 Å². The summed E-state index contributed by atoms with van der Waals surface area (Å²) in [4.78, 5) is 14.5. The molecule has 3 aromatic rings. The fourth-order valence-corrected chi connectivity index (χ4v) is 2.85. The molecule has 0 N–H and O–H groups in total. The van der Waals surface area contributed by atoms with Gasteiger partial charge in [0.2, 0.25) is 0 Å². The maximum Gasteiger partial charge on any atom is 0.197 e. The summed E-state index contributed by atoms with van der Waals surface area (Å²) in [6.07, 6.45) is 0. The number of rotatable bonds is 0. The third-order valence-corrected chi connectivity index (χ3v) is 4.25. The fourth-order valence-electron chi connectivity index (χ4n) is 2.85. The van der Waals surface area contributed by atoms with E-state index in [1.54, 1.807) is 0 Å². The molecule has 4 rings (SSSR count). The molecule has 0 amide bonds. The van der Waals surface area contributed by atoms with E-state index in [1.165, 1.54) is 0 Å². The lowest BCUT2D eigenvalue weighted by Gasteiger charge is -2.21. The van der Waals surface area contributed by atoms with Gasteiger partial charge in [-0.2, -0.15) is 0 Å². The van der Waals surface area contributed by atoms with Gasteiger partial charge in [-0.25, -0.2) is 0 Å². The fraction of sp³-hybridized carbons (Fsp3) is 0.381. The molecule has 1 fully saturated rings. The van der Waals surface area contributed by atoms with Gasteiger partial charge in [-0.3, -0.25) is 4.79 Å². The second-order valence-electron chi connectivity index (χ2n) is 5.84. The lowest BCUT2D eigenvalue weighted by molar-refractivity contribution is 0.0503. The normalized spacial score (nSPS) is 14.4. The van der Waals surface area contributed by atoms with Gasteiger partial charge in [0, 0.05) is 30.9 Å². The first-order chi connectivity index (χ1) is 12.2. The molecule has 0 radical (unpaired) electrons. The van der Waals surface area contributed by atoms with Crippen molar-refractivity contribution in [2.75, 3.05) is 33.4 Å². The van der Waals surface area contributed by atoms with Crippen molar-refractivity contribution >= 4 is 21.8 Å². The van der Waals surface area contributed by atoms with Gasteiger partial charge in [-0.1, -0.05) is 38.1 Å². The summed E-state index contributed by atoms with van der Waals surface area (Å²) >= 11 is 0. The number of hydrogen-bond donors (Lipinski definition) is 0. The number of pyridine rings is 1. The summed E-state index contributed by atoms with van der Waals surface area (Å²) in [5.41, 5.74) is 2.07. The lowest BCUT2D eigenvalue weighted by Crippen LogP contribution is -2.32. The van der Waals surface area contributed by atoms with Crippen LogP contribution in [-0.4, -0.2) is 42.8 Å². The number of fused-ring (bicyclic) bond motifs is 2. The molecule has 2 heterocycles. The minimum absolute atomic E-state index is 0.115. The first-order valence-electron chi connectivity index (χ1n) is 8.91. The van der Waals surface area contributed by atoms with E-state index in [0.29, 0.717) is 0 Å². The van der Waals surface area contributed by atoms with Crippen molar-refractivity contribution in [3.63, 3.8) is 0 Å². The summed E-state index contributed by atoms with van der Waals surface area (Å²) in [7, 11) is 4.10. The Hall–Kier alpha value is -2.17. The van der Waals surface area contributed by atoms with Crippen LogP contribution >= 0.6 is 0 Å². The monoisotopic (exact) mass is 340 g/mol. The maximum atomic E-state index is 12.2. The van der Waals surface area contributed by atoms with E-state index in [-0.39, 0.29) is 5.43 Å². The van der Waals surface area contributed by atoms with Crippen molar-refractivity contribution in [1.82, 2.24) is 9.47 Å². The predicted molar refractivity (Wildman–Crippen MR) is 106 cm³/mol. The minimum Gasteiger partial charge on any atom is -0.379 e. The van der Waals surface area contributed by atoms with Crippen molar-refractivity contribution in [3.05, 3.63) is 58.8 Å². The molecule has 1 aliphatic rings. The SMILES string of the molecule is CC.CN1CCOCC1.Cn1c2ccccc2c(=O)c2ccccc21. The Morgan fingerprint density at radius 2 is 1.24 bits per heavy atom. The number of para-hydroxylation sites is 2. The Bertz CT molecular complexity index is 805. The molecule has 134 valence electrons. The van der Waals surface area contributed by atoms with Gasteiger partial charge >= 0.3 is 0 Å². The summed E-state index contributed by atoms with van der Waals surface area (Å²) in [6.45, 7) is 8.02. The number of benzene rings is 2. The summed E-state index contributed by atoms with van der Waals surface area (Å²) in [5.74, 6) is 0. The molecule has 0 bridgehead atoms. The Kier molecular flexibility index (Phi) is 7.16. The van der Waals surface area contributed by atoms with Crippen LogP contribution in [0.2, 0.25) is 0 Å². The summed E-state index contributed by atoms with van der Waals surface area (Å²) in [6, 6.07) is 15.4. The molecule has 1 aliphatic heterocycles. The topological polar surface area (TPSA) is 34.5 Å². The Labute approximate surface area is 149 Å². The van der Waals surface area contributed by atoms with Crippen molar-refractivity contribution in [2.45, 2.75) is 13.8 Å². The van der Waals surface area contributed by atoms with Gasteiger partial charge in [0.1, 0.15) is 0 Å². The standard InChI is InChI=1S/C14H11NO.C5H11NO.C2H6/c1-15-12-8-4-2-6-10(12)14(16)11-7-3-5-9-13(11)15;1-6-2-4-7-5-3-6;1-2/h2-9H,1H3;2-5H2,1H3;1-2H3. The maximum absolute atomic E-state index is 12.2. The van der Waals surface area contributed by atoms with E-state index in [0.717, 1.165) is 48.1 Å². The number of nitrogens with zero attached hydrogens (tertiary/aromatic N) is 2. The second kappa shape index (κ2) is 9.35. The highest BCUT2D eigenvalue weighted by Crippen LogP contribution is 2.16. The Morgan fingerprint density at radius 1 is 0.800 bits per heavy atom. The zero-order chi connectivity index (χ0) is 18.2. The number of hydrogen-bond acceptors (Lipinski definition) is 3. The lowest BCUT2D eigenvalue weighted by atomic mass is 10.1. The van der Waals surface area contributed by atoms with Crippen LogP contribution in [0.1, 0.15) is 13.8 Å². The number of likely N-dealkylation sites (N-methyl/N-ethyl adjacent to an activating group) is 1. The van der Waals surface area contributed by atoms with Gasteiger partial charge in [0.15, 0.2) is 5.43 Å². The molecule has 1 saturated heterocycles. The van der Waals surface area contributed by atoms with E-state index in [2.05, 4.69) is 16.5 Å². The van der Waals surface area contributed by atoms with E-state index in [4.69, 9.17) is 4.74 Å². The first kappa shape index (κ1) is 19.2. The van der Waals surface area contributed by atoms with Gasteiger partial charge in [-0.05, 0) is 31.3 Å². The highest BCUT2D eigenvalue weighted by Gasteiger charge is 2.06. The van der Waals surface area contributed by atoms with E-state index < -0.39 is 0 Å². The molecule has 0 saturated carbocycles. The van der Waals surface area contributed by atoms with Crippen LogP contribution in [0, 0.1) is 0 Å². The third kappa shape index (κ3) is 4.47. The van der Waals surface area contributed by atoms with Crippen LogP contribution in [0.5, 0.6) is 0 Å². The highest BCUT2D eigenvalue weighted by molar-refractivity contribution is 5.93. The molecule has 1 aromatic heterocycles. The number of morpholine rings is 1. The smallest absolute Gasteiger partial charge is 0.197 e. The molecule has 4 heteroatoms. The van der Waals surface area contributed by atoms with Crippen molar-refractivity contribution in [1.29, 1.82) is 0 Å². The first-order valence-corrected chi connectivity index (χ1v) is 8.91. The summed E-state index contributed by atoms with van der Waals surface area (Å²) in [5, 5.41) is 1.56. The van der Waals surface area contributed by atoms with E-state index in [1.807, 2.05) is 69.4 Å². The van der Waals surface area contributed by atoms with Gasteiger partial charge in [0.25, 0.3) is 0 Å². The van der Waals surface area contributed by atoms with Crippen LogP contribution in [0.15, 0.2) is 53.3 Å². The molecule has 0 unspecified atom stereocenters. The van der Waals surface area contributed by atoms with Crippen LogP contribution in [0.4, 0.5) is 0 Å². The molecule has 0 aliphatic carbocycles. The quantitative estimate of drug-likeness (QED) is 0.586. The Balaban J connectivity index is 0.000000211. The van der Waals surface area contributed by atoms with Crippen molar-refractivity contribution in [2.24, 2.45) is 7.05 Å². The van der Waals surface area contributed by atoms with Gasteiger partial charge < -0.3 is 14.2 Å². The van der Waals surface area contributed by atoms with Gasteiger partial charge in [-0.15, -0.1) is 0 Å². The average molecular weight is 340 g/mol. The number of ether oxygens (including phenoxy) is 1. The number of aryl methyl sites for hydroxylation is 1. The second-order valence-corrected chi connectivity index (χ2v) is 5.84. The zero-order valence-corrected chi connectivity index (χ0v) is 15.7. The van der Waals surface area contributed by atoms with E-state index in [9.17, 15) is 4.79 Å². The zero-order valence-electron chi connectivity index (χ0n) is 15.7. The Morgan fingerprint density at radius 3 is 1.64 bits per heavy atom. The van der Waals surface area contributed by atoms with Crippen LogP contribution in [0.3, 0.4) is 0 Å². The molecule has 4 nitrogen and oxygen atoms in total. The highest BCUT2D eigenvalue weighted by atomic mass is 16.5. The molecule has 2 aromatic carbocycles. The predicted octanol–water partition coefficient (Wildman–Crippen LogP) is 3.67. The van der Waals surface area contributed by atoms with Crippen LogP contribution in [0.25, 0.3) is 21.8 Å². The largest absolute Gasteiger partial charge is 0.379 e. The average Bonchev–Trinajstić information content (AvgIpc) is 2.69. The van der Waals surface area contributed by atoms with E-state index >= 15 is 0 Å². The molecule has 0 spiro atoms. The third-order valence-electron chi connectivity index (χ3n) is 4.25. The minimum atomic E-state index is 0.115. The molecule has 0 atom stereocenters. The summed E-state index contributed by atoms with van der Waals surface area (Å²) < 4.78 is 7.16. The molecule has 25 heavy (non-hydrogen) atoms. The van der Waals surface area contributed by atoms with Crippen molar-refractivity contribution in [3.8, 4) is 0 Å². The van der Waals surface area contributed by atoms with Gasteiger partial charge in [0.05, 0.1) is 24.2 Å². The van der Waals surface area contributed by atoms with Crippen LogP contribution < -0.4 is 5.43 Å². The number of aromatic nitrogens is 1.